The van der Waals surface area contributed by atoms with Gasteiger partial charge in [0.1, 0.15) is 54.4 Å². The molecule has 0 saturated heterocycles. The summed E-state index contributed by atoms with van der Waals surface area (Å²) in [6.07, 6.45) is 11.6. The summed E-state index contributed by atoms with van der Waals surface area (Å²) in [5.74, 6) is -6.50. The highest BCUT2D eigenvalue weighted by atomic mass is 16.2. The third-order valence-electron chi connectivity index (χ3n) is 14.8. The van der Waals surface area contributed by atoms with Gasteiger partial charge in [0.2, 0.25) is 59.1 Å². The van der Waals surface area contributed by atoms with Crippen LogP contribution in [0.2, 0.25) is 0 Å². The first-order chi connectivity index (χ1) is 41.3. The maximum Gasteiger partial charge on any atom is 0.243 e. The van der Waals surface area contributed by atoms with Crippen molar-refractivity contribution in [2.24, 2.45) is 58.1 Å². The first-order valence-corrected chi connectivity index (χ1v) is 32.8. The topological polar surface area (TPSA) is 435 Å². The average molecular weight is 1240 g/mol. The normalized spacial score (nSPS) is 14.6. The molecule has 0 rings (SSSR count). The second-order valence-corrected chi connectivity index (χ2v) is 25.1. The number of carbonyl (C=O) groups excluding carboxylic acids is 10. The molecule has 0 aliphatic rings. The van der Waals surface area contributed by atoms with E-state index >= 15 is 0 Å². The molecule has 504 valence electrons. The van der Waals surface area contributed by atoms with Crippen LogP contribution in [-0.4, -0.2) is 146 Å². The van der Waals surface area contributed by atoms with Crippen LogP contribution in [0.5, 0.6) is 0 Å². The minimum absolute atomic E-state index is 0.0201. The first kappa shape index (κ1) is 81.5. The lowest BCUT2D eigenvalue weighted by atomic mass is 9.98. The van der Waals surface area contributed by atoms with E-state index in [9.17, 15) is 47.9 Å². The van der Waals surface area contributed by atoms with Crippen molar-refractivity contribution in [3.63, 3.8) is 0 Å². The molecule has 0 heterocycles. The number of nitrogens with one attached hydrogen (secondary N) is 9. The number of unbranched alkanes of at least 4 members (excludes halogenated alkanes) is 9. The minimum Gasteiger partial charge on any atom is -0.368 e. The molecule has 0 bridgehead atoms. The molecule has 0 fully saturated rings. The van der Waals surface area contributed by atoms with Crippen molar-refractivity contribution in [3.05, 3.63) is 0 Å². The standard InChI is InChI=1S/C62H121N15O10/c1-10-11-12-13-14-30-53(78)69-44(25-15-20-31-63)55(80)75-52(39-43(8)9)62(87)77-51(38-42(6)7)61(86)73-46(27-17-22-33-65)57(82)71-48(29-19-24-35-67)59(84)76-50(37-41(4)5)60(85)72-45(26-16-21-32-64)56(81)70-47(28-18-23-34-66)58(83)74-49(54(68)79)36-40(2)3/h40-52H,10-39,63-67H2,1-9H3,(H2,68,79)(H,69,78)(H,70,81)(H,71,82)(H,72,85)(H,73,86)(H,74,83)(H,75,80)(H,76,84)(H,77,87)/t44-,45-,46-,47-,48-,49-,50-,51-,52-/m0/s1. The second-order valence-electron chi connectivity index (χ2n) is 25.1. The van der Waals surface area contributed by atoms with Crippen molar-refractivity contribution in [1.29, 1.82) is 0 Å². The van der Waals surface area contributed by atoms with Crippen LogP contribution < -0.4 is 82.3 Å². The van der Waals surface area contributed by atoms with Gasteiger partial charge in [-0.25, -0.2) is 0 Å². The van der Waals surface area contributed by atoms with Gasteiger partial charge in [-0.1, -0.05) is 88.0 Å². The maximum atomic E-state index is 14.6. The fourth-order valence-electron chi connectivity index (χ4n) is 9.97. The van der Waals surface area contributed by atoms with Crippen molar-refractivity contribution >= 4 is 59.1 Å². The van der Waals surface area contributed by atoms with Crippen LogP contribution in [0.1, 0.15) is 223 Å². The van der Waals surface area contributed by atoms with Crippen LogP contribution in [0.25, 0.3) is 0 Å². The van der Waals surface area contributed by atoms with Gasteiger partial charge in [0.25, 0.3) is 0 Å². The molecule has 0 aliphatic carbocycles. The number of carbonyl (C=O) groups is 10. The number of hydrogen-bond acceptors (Lipinski definition) is 15. The Bertz CT molecular complexity index is 2010. The van der Waals surface area contributed by atoms with Gasteiger partial charge in [0, 0.05) is 6.42 Å². The molecule has 0 aromatic heterocycles. The van der Waals surface area contributed by atoms with Crippen molar-refractivity contribution in [3.8, 4) is 0 Å². The molecule has 0 unspecified atom stereocenters. The predicted octanol–water partition coefficient (Wildman–Crippen LogP) is 2.02. The van der Waals surface area contributed by atoms with Gasteiger partial charge in [-0.2, -0.15) is 0 Å². The SMILES string of the molecule is CCCCCCCC(=O)N[C@@H](CCCCN)C(=O)N[C@@H](CC(C)C)C(=O)N[C@@H](CC(C)C)C(=O)N[C@@H](CCCCN)C(=O)N[C@@H](CCCCN)C(=O)N[C@@H](CC(C)C)C(=O)N[C@@H](CCCCN)C(=O)N[C@@H](CCCCN)C(=O)N[C@@H](CC(C)C)C(N)=O. The van der Waals surface area contributed by atoms with Crippen LogP contribution in [0.3, 0.4) is 0 Å². The largest absolute Gasteiger partial charge is 0.368 e. The summed E-state index contributed by atoms with van der Waals surface area (Å²) < 4.78 is 0. The third-order valence-corrected chi connectivity index (χ3v) is 14.8. The molecule has 10 amide bonds. The van der Waals surface area contributed by atoms with Crippen molar-refractivity contribution < 1.29 is 47.9 Å². The smallest absolute Gasteiger partial charge is 0.243 e. The molecular weight excluding hydrogens is 1110 g/mol. The van der Waals surface area contributed by atoms with E-state index in [1.165, 1.54) is 0 Å². The van der Waals surface area contributed by atoms with Gasteiger partial charge in [0.05, 0.1) is 0 Å². The Hall–Kier alpha value is -5.50. The van der Waals surface area contributed by atoms with Gasteiger partial charge in [0.15, 0.2) is 0 Å². The van der Waals surface area contributed by atoms with Gasteiger partial charge in [-0.3, -0.25) is 47.9 Å². The van der Waals surface area contributed by atoms with Crippen LogP contribution in [0.4, 0.5) is 0 Å². The lowest BCUT2D eigenvalue weighted by molar-refractivity contribution is -0.136. The zero-order valence-electron chi connectivity index (χ0n) is 54.8. The number of nitrogens with two attached hydrogens (primary N) is 6. The Balaban J connectivity index is 6.93. The number of hydrogen-bond donors (Lipinski definition) is 15. The summed E-state index contributed by atoms with van der Waals surface area (Å²) in [6, 6.07) is -10.1. The molecule has 87 heavy (non-hydrogen) atoms. The second kappa shape index (κ2) is 48.4. The maximum absolute atomic E-state index is 14.6. The fraction of sp³-hybridized carbons (Fsp3) is 0.839. The van der Waals surface area contributed by atoms with E-state index in [0.29, 0.717) is 110 Å². The molecule has 25 heteroatoms. The zero-order chi connectivity index (χ0) is 65.9. The van der Waals surface area contributed by atoms with Crippen LogP contribution >= 0.6 is 0 Å². The number of rotatable bonds is 52. The van der Waals surface area contributed by atoms with Gasteiger partial charge < -0.3 is 82.3 Å². The number of primary amides is 1. The Morgan fingerprint density at radius 2 is 0.494 bits per heavy atom. The van der Waals surface area contributed by atoms with Crippen molar-refractivity contribution in [2.75, 3.05) is 32.7 Å². The van der Waals surface area contributed by atoms with E-state index in [0.717, 1.165) is 25.7 Å². The summed E-state index contributed by atoms with van der Waals surface area (Å²) in [5.41, 5.74) is 34.7. The Morgan fingerprint density at radius 1 is 0.276 bits per heavy atom. The van der Waals surface area contributed by atoms with Gasteiger partial charge >= 0.3 is 0 Å². The van der Waals surface area contributed by atoms with Crippen LogP contribution in [0.15, 0.2) is 0 Å². The zero-order valence-corrected chi connectivity index (χ0v) is 54.8. The van der Waals surface area contributed by atoms with Gasteiger partial charge in [-0.05, 0) is 185 Å². The number of amides is 10. The summed E-state index contributed by atoms with van der Waals surface area (Å²) in [6.45, 7) is 18.8. The summed E-state index contributed by atoms with van der Waals surface area (Å²) >= 11 is 0. The quantitative estimate of drug-likeness (QED) is 0.0388. The molecule has 25 nitrogen and oxygen atoms in total. The van der Waals surface area contributed by atoms with E-state index < -0.39 is 108 Å². The van der Waals surface area contributed by atoms with E-state index in [-0.39, 0.29) is 87.4 Å². The first-order valence-electron chi connectivity index (χ1n) is 32.8. The van der Waals surface area contributed by atoms with E-state index in [1.807, 2.05) is 55.4 Å². The fourth-order valence-corrected chi connectivity index (χ4v) is 9.97. The molecular formula is C62H121N15O10. The molecule has 0 aromatic carbocycles. The molecule has 0 spiro atoms. The molecule has 0 radical (unpaired) electrons. The van der Waals surface area contributed by atoms with E-state index in [1.54, 1.807) is 0 Å². The van der Waals surface area contributed by atoms with Crippen molar-refractivity contribution in [2.45, 2.75) is 277 Å². The molecule has 9 atom stereocenters. The molecule has 0 aromatic rings. The summed E-state index contributed by atoms with van der Waals surface area (Å²) in [4.78, 5) is 140. The Labute approximate surface area is 521 Å². The summed E-state index contributed by atoms with van der Waals surface area (Å²) in [5, 5.41) is 25.4. The van der Waals surface area contributed by atoms with E-state index in [2.05, 4.69) is 54.8 Å². The predicted molar refractivity (Wildman–Crippen MR) is 342 cm³/mol. The highest BCUT2D eigenvalue weighted by molar-refractivity contribution is 5.98. The Kier molecular flexibility index (Phi) is 45.4. The third kappa shape index (κ3) is 37.8. The molecule has 0 aliphatic heterocycles. The highest BCUT2D eigenvalue weighted by Gasteiger charge is 2.36. The van der Waals surface area contributed by atoms with Crippen LogP contribution in [-0.2, 0) is 47.9 Å². The lowest BCUT2D eigenvalue weighted by Gasteiger charge is -2.29. The molecule has 21 N–H and O–H groups in total. The highest BCUT2D eigenvalue weighted by Crippen LogP contribution is 2.16. The van der Waals surface area contributed by atoms with E-state index in [4.69, 9.17) is 34.4 Å². The summed E-state index contributed by atoms with van der Waals surface area (Å²) in [7, 11) is 0. The Morgan fingerprint density at radius 3 is 0.736 bits per heavy atom. The minimum atomic E-state index is -1.22. The monoisotopic (exact) mass is 1240 g/mol. The van der Waals surface area contributed by atoms with Crippen LogP contribution in [0, 0.1) is 23.7 Å². The lowest BCUT2D eigenvalue weighted by Crippen LogP contribution is -2.60. The molecule has 0 saturated carbocycles. The van der Waals surface area contributed by atoms with Gasteiger partial charge in [-0.15, -0.1) is 0 Å². The van der Waals surface area contributed by atoms with Crippen molar-refractivity contribution in [1.82, 2.24) is 47.9 Å². The average Bonchev–Trinajstić information content (AvgIpc) is 3.65.